The predicted octanol–water partition coefficient (Wildman–Crippen LogP) is 2.29. The second-order valence-electron chi connectivity index (χ2n) is 6.71. The summed E-state index contributed by atoms with van der Waals surface area (Å²) in [5.74, 6) is -5.81. The Morgan fingerprint density at radius 2 is 2.07 bits per heavy atom. The molecule has 0 amide bonds. The Kier molecular flexibility index (Phi) is 3.58. The van der Waals surface area contributed by atoms with Crippen LogP contribution in [0.4, 0.5) is 23.4 Å². The van der Waals surface area contributed by atoms with Crippen LogP contribution in [0.5, 0.6) is 0 Å². The van der Waals surface area contributed by atoms with E-state index in [4.69, 9.17) is 9.84 Å². The number of hydrogen-bond acceptors (Lipinski definition) is 7. The maximum absolute atomic E-state index is 14.9. The SMILES string of the molecule is CC(C)Nc1nc(C(F)(F)F)nc2c1ncn2[C@H]1C2C(O)=C(CO)OC21F. The van der Waals surface area contributed by atoms with E-state index in [9.17, 15) is 22.7 Å². The number of ether oxygens (including phenoxy) is 1. The summed E-state index contributed by atoms with van der Waals surface area (Å²) in [6.07, 6.45) is -3.68. The first-order valence-electron chi connectivity index (χ1n) is 8.07. The fourth-order valence-corrected chi connectivity index (χ4v) is 3.28. The average molecular weight is 389 g/mol. The van der Waals surface area contributed by atoms with Crippen molar-refractivity contribution in [2.24, 2.45) is 5.92 Å². The minimum Gasteiger partial charge on any atom is -0.508 e. The fraction of sp³-hybridized carbons (Fsp3) is 0.533. The summed E-state index contributed by atoms with van der Waals surface area (Å²) in [6, 6.07) is -1.38. The lowest BCUT2D eigenvalue weighted by molar-refractivity contribution is -0.144. The summed E-state index contributed by atoms with van der Waals surface area (Å²) in [7, 11) is 0. The molecule has 4 rings (SSSR count). The van der Waals surface area contributed by atoms with Gasteiger partial charge in [-0.3, -0.25) is 0 Å². The zero-order chi connectivity index (χ0) is 19.7. The Balaban J connectivity index is 1.84. The van der Waals surface area contributed by atoms with E-state index in [2.05, 4.69) is 20.3 Å². The molecule has 1 saturated carbocycles. The Morgan fingerprint density at radius 1 is 1.37 bits per heavy atom. The van der Waals surface area contributed by atoms with Crippen LogP contribution in [0.15, 0.2) is 17.8 Å². The van der Waals surface area contributed by atoms with Crippen molar-refractivity contribution < 1.29 is 32.5 Å². The highest BCUT2D eigenvalue weighted by atomic mass is 19.4. The smallest absolute Gasteiger partial charge is 0.451 e. The highest BCUT2D eigenvalue weighted by Crippen LogP contribution is 2.66. The Hall–Kier alpha value is -2.63. The highest BCUT2D eigenvalue weighted by Gasteiger charge is 2.77. The summed E-state index contributed by atoms with van der Waals surface area (Å²) in [5, 5.41) is 21.8. The van der Waals surface area contributed by atoms with Crippen LogP contribution in [-0.4, -0.2) is 48.2 Å². The van der Waals surface area contributed by atoms with Crippen LogP contribution in [0.25, 0.3) is 11.2 Å². The van der Waals surface area contributed by atoms with E-state index >= 15 is 0 Å². The van der Waals surface area contributed by atoms with E-state index in [1.807, 2.05) is 0 Å². The maximum Gasteiger partial charge on any atom is 0.451 e. The molecule has 146 valence electrons. The van der Waals surface area contributed by atoms with Gasteiger partial charge >= 0.3 is 6.18 Å². The van der Waals surface area contributed by atoms with Gasteiger partial charge in [0.2, 0.25) is 5.82 Å². The molecule has 3 N–H and O–H groups in total. The van der Waals surface area contributed by atoms with Crippen molar-refractivity contribution >= 4 is 17.0 Å². The standard InChI is InChI=1S/C15H15F4N5O3/c1-5(2)21-11-8-12(23-13(22-11)15(17,18)19)24(4-20-8)10-7-9(26)6(3-25)27-14(7,10)16/h4-5,7,10,25-26H,3H2,1-2H3,(H,21,22,23)/t7?,10-,14?/m0/s1. The van der Waals surface area contributed by atoms with E-state index < -0.39 is 42.2 Å². The minimum absolute atomic E-state index is 0.0381. The maximum atomic E-state index is 14.9. The first-order chi connectivity index (χ1) is 12.6. The van der Waals surface area contributed by atoms with Gasteiger partial charge in [-0.15, -0.1) is 0 Å². The van der Waals surface area contributed by atoms with Gasteiger partial charge in [-0.05, 0) is 13.8 Å². The van der Waals surface area contributed by atoms with E-state index in [-0.39, 0.29) is 28.8 Å². The normalized spacial score (nSPS) is 27.3. The molecule has 2 aromatic rings. The second-order valence-corrected chi connectivity index (χ2v) is 6.71. The van der Waals surface area contributed by atoms with Crippen LogP contribution in [0.2, 0.25) is 0 Å². The lowest BCUT2D eigenvalue weighted by Gasteiger charge is -2.14. The van der Waals surface area contributed by atoms with Crippen molar-refractivity contribution in [3.8, 4) is 0 Å². The monoisotopic (exact) mass is 389 g/mol. The van der Waals surface area contributed by atoms with Gasteiger partial charge in [0.15, 0.2) is 17.2 Å². The van der Waals surface area contributed by atoms with Gasteiger partial charge in [0.25, 0.3) is 5.85 Å². The van der Waals surface area contributed by atoms with Gasteiger partial charge in [0, 0.05) is 6.04 Å². The number of aliphatic hydroxyl groups is 2. The third kappa shape index (κ3) is 2.50. The largest absolute Gasteiger partial charge is 0.508 e. The quantitative estimate of drug-likeness (QED) is 0.689. The number of rotatable bonds is 4. The van der Waals surface area contributed by atoms with Gasteiger partial charge in [-0.25, -0.2) is 15.0 Å². The molecule has 1 fully saturated rings. The number of aromatic nitrogens is 4. The molecule has 0 radical (unpaired) electrons. The molecule has 3 heterocycles. The number of aliphatic hydroxyl groups excluding tert-OH is 2. The molecule has 0 saturated heterocycles. The van der Waals surface area contributed by atoms with Crippen molar-refractivity contribution in [1.29, 1.82) is 0 Å². The lowest BCUT2D eigenvalue weighted by atomic mass is 10.3. The third-order valence-electron chi connectivity index (χ3n) is 4.44. The number of hydrogen-bond donors (Lipinski definition) is 3. The molecule has 0 bridgehead atoms. The van der Waals surface area contributed by atoms with E-state index in [0.717, 1.165) is 10.9 Å². The highest BCUT2D eigenvalue weighted by molar-refractivity contribution is 5.83. The van der Waals surface area contributed by atoms with E-state index in [0.29, 0.717) is 0 Å². The topological polar surface area (TPSA) is 105 Å². The first-order valence-corrected chi connectivity index (χ1v) is 8.07. The molecule has 2 aliphatic rings. The summed E-state index contributed by atoms with van der Waals surface area (Å²) >= 11 is 0. The van der Waals surface area contributed by atoms with Crippen LogP contribution in [-0.2, 0) is 10.9 Å². The Labute approximate surface area is 149 Å². The van der Waals surface area contributed by atoms with Crippen LogP contribution in [0, 0.1) is 5.92 Å². The van der Waals surface area contributed by atoms with Crippen molar-refractivity contribution in [2.75, 3.05) is 11.9 Å². The van der Waals surface area contributed by atoms with E-state index in [1.165, 1.54) is 0 Å². The van der Waals surface area contributed by atoms with Crippen molar-refractivity contribution in [3.63, 3.8) is 0 Å². The molecule has 0 spiro atoms. The number of alkyl halides is 4. The summed E-state index contributed by atoms with van der Waals surface area (Å²) < 4.78 is 60.5. The number of halogens is 4. The number of nitrogens with zero attached hydrogens (tertiary/aromatic N) is 4. The van der Waals surface area contributed by atoms with Gasteiger partial charge in [0.1, 0.15) is 29.8 Å². The summed E-state index contributed by atoms with van der Waals surface area (Å²) in [6.45, 7) is 2.74. The average Bonchev–Trinajstić information content (AvgIpc) is 2.86. The van der Waals surface area contributed by atoms with Gasteiger partial charge in [0.05, 0.1) is 6.33 Å². The molecule has 1 aliphatic heterocycles. The number of anilines is 1. The molecule has 2 aromatic heterocycles. The number of nitrogens with one attached hydrogen (secondary N) is 1. The fourth-order valence-electron chi connectivity index (χ4n) is 3.28. The molecule has 8 nitrogen and oxygen atoms in total. The molecule has 1 aliphatic carbocycles. The van der Waals surface area contributed by atoms with Crippen molar-refractivity contribution in [1.82, 2.24) is 19.5 Å². The number of imidazole rings is 1. The van der Waals surface area contributed by atoms with Crippen LogP contribution < -0.4 is 5.32 Å². The first kappa shape index (κ1) is 17.8. The van der Waals surface area contributed by atoms with Gasteiger partial charge in [-0.1, -0.05) is 0 Å². The lowest BCUT2D eigenvalue weighted by Crippen LogP contribution is -2.18. The van der Waals surface area contributed by atoms with Crippen LogP contribution in [0.3, 0.4) is 0 Å². The predicted molar refractivity (Wildman–Crippen MR) is 83.3 cm³/mol. The number of fused-ring (bicyclic) bond motifs is 2. The van der Waals surface area contributed by atoms with Crippen molar-refractivity contribution in [3.05, 3.63) is 23.7 Å². The zero-order valence-electron chi connectivity index (χ0n) is 14.1. The second kappa shape index (κ2) is 5.44. The Bertz CT molecular complexity index is 957. The molecule has 0 aromatic carbocycles. The summed E-state index contributed by atoms with van der Waals surface area (Å²) in [4.78, 5) is 11.0. The molecule has 27 heavy (non-hydrogen) atoms. The van der Waals surface area contributed by atoms with Crippen LogP contribution >= 0.6 is 0 Å². The molecule has 12 heteroatoms. The van der Waals surface area contributed by atoms with Gasteiger partial charge in [-0.2, -0.15) is 17.6 Å². The van der Waals surface area contributed by atoms with Crippen LogP contribution in [0.1, 0.15) is 25.7 Å². The van der Waals surface area contributed by atoms with Gasteiger partial charge < -0.3 is 24.8 Å². The third-order valence-corrected chi connectivity index (χ3v) is 4.44. The molecule has 2 unspecified atom stereocenters. The Morgan fingerprint density at radius 3 is 2.59 bits per heavy atom. The summed E-state index contributed by atoms with van der Waals surface area (Å²) in [5.41, 5.74) is -0.199. The van der Waals surface area contributed by atoms with E-state index in [1.54, 1.807) is 13.8 Å². The molecular weight excluding hydrogens is 374 g/mol. The minimum atomic E-state index is -4.81. The van der Waals surface area contributed by atoms with Crippen molar-refractivity contribution in [2.45, 2.75) is 38.0 Å². The molecule has 3 atom stereocenters. The molecular formula is C15H15F4N5O3. The zero-order valence-corrected chi connectivity index (χ0v) is 14.1.